The molecule has 3 unspecified atom stereocenters. The highest BCUT2D eigenvalue weighted by Gasteiger charge is 2.30. The van der Waals surface area contributed by atoms with Crippen molar-refractivity contribution in [2.45, 2.75) is 65.5 Å². The van der Waals surface area contributed by atoms with E-state index < -0.39 is 6.10 Å². The molecular formula is C19H29NO3. The van der Waals surface area contributed by atoms with Crippen LogP contribution in [-0.2, 0) is 14.3 Å². The maximum Gasteiger partial charge on any atom is 0.314 e. The Morgan fingerprint density at radius 2 is 1.70 bits per heavy atom. The molecule has 0 heterocycles. The zero-order valence-electron chi connectivity index (χ0n) is 15.1. The summed E-state index contributed by atoms with van der Waals surface area (Å²) in [6.45, 7) is 11.4. The minimum absolute atomic E-state index is 0.141. The van der Waals surface area contributed by atoms with Crippen LogP contribution in [0.4, 0.5) is 0 Å². The van der Waals surface area contributed by atoms with Gasteiger partial charge in [0, 0.05) is 5.54 Å². The molecule has 0 bridgehead atoms. The number of esters is 1. The van der Waals surface area contributed by atoms with Crippen molar-refractivity contribution in [2.75, 3.05) is 0 Å². The van der Waals surface area contributed by atoms with Gasteiger partial charge in [-0.25, -0.2) is 0 Å². The first-order valence-electron chi connectivity index (χ1n) is 8.23. The third-order valence-corrected chi connectivity index (χ3v) is 3.79. The van der Waals surface area contributed by atoms with Crippen LogP contribution in [0.25, 0.3) is 0 Å². The second kappa shape index (κ2) is 8.14. The number of ether oxygens (including phenoxy) is 1. The number of hydrogen-bond acceptors (Lipinski definition) is 3. The molecule has 1 aromatic carbocycles. The van der Waals surface area contributed by atoms with Crippen molar-refractivity contribution in [3.8, 4) is 0 Å². The van der Waals surface area contributed by atoms with Gasteiger partial charge >= 0.3 is 5.97 Å². The van der Waals surface area contributed by atoms with E-state index in [1.165, 1.54) is 0 Å². The third kappa shape index (κ3) is 6.05. The zero-order chi connectivity index (χ0) is 17.6. The van der Waals surface area contributed by atoms with E-state index in [1.54, 1.807) is 6.92 Å². The minimum atomic E-state index is -0.808. The third-order valence-electron chi connectivity index (χ3n) is 3.79. The Morgan fingerprint density at radius 3 is 2.17 bits per heavy atom. The summed E-state index contributed by atoms with van der Waals surface area (Å²) in [6, 6.07) is 9.60. The van der Waals surface area contributed by atoms with E-state index in [-0.39, 0.29) is 29.3 Å². The molecule has 3 atom stereocenters. The summed E-state index contributed by atoms with van der Waals surface area (Å²) in [7, 11) is 0. The molecule has 0 saturated carbocycles. The second-order valence-corrected chi connectivity index (χ2v) is 7.09. The predicted octanol–water partition coefficient (Wildman–Crippen LogP) is 3.66. The maximum absolute atomic E-state index is 12.6. The van der Waals surface area contributed by atoms with Gasteiger partial charge in [-0.05, 0) is 39.2 Å². The number of carbonyl (C=O) groups is 2. The van der Waals surface area contributed by atoms with Crippen molar-refractivity contribution in [2.24, 2.45) is 5.92 Å². The van der Waals surface area contributed by atoms with Gasteiger partial charge in [-0.3, -0.25) is 9.59 Å². The number of hydrogen-bond donors (Lipinski definition) is 1. The van der Waals surface area contributed by atoms with E-state index >= 15 is 0 Å². The van der Waals surface area contributed by atoms with Gasteiger partial charge in [0.25, 0.3) is 5.91 Å². The van der Waals surface area contributed by atoms with E-state index in [2.05, 4.69) is 5.32 Å². The van der Waals surface area contributed by atoms with Gasteiger partial charge in [-0.1, -0.05) is 50.6 Å². The van der Waals surface area contributed by atoms with Gasteiger partial charge in [0.1, 0.15) is 0 Å². The van der Waals surface area contributed by atoms with Crippen molar-refractivity contribution in [3.63, 3.8) is 0 Å². The molecule has 23 heavy (non-hydrogen) atoms. The van der Waals surface area contributed by atoms with Gasteiger partial charge in [0.2, 0.25) is 0 Å². The number of nitrogens with one attached hydrogen (secondary N) is 1. The van der Waals surface area contributed by atoms with Crippen LogP contribution in [0.15, 0.2) is 30.3 Å². The molecule has 0 aliphatic rings. The quantitative estimate of drug-likeness (QED) is 0.814. The van der Waals surface area contributed by atoms with Crippen LogP contribution in [0.1, 0.15) is 59.4 Å². The number of rotatable bonds is 6. The summed E-state index contributed by atoms with van der Waals surface area (Å²) in [5.41, 5.74) is 0.572. The predicted molar refractivity (Wildman–Crippen MR) is 92.1 cm³/mol. The smallest absolute Gasteiger partial charge is 0.314 e. The molecule has 0 spiro atoms. The van der Waals surface area contributed by atoms with E-state index in [4.69, 9.17) is 4.74 Å². The first kappa shape index (κ1) is 19.2. The van der Waals surface area contributed by atoms with E-state index in [0.29, 0.717) is 0 Å². The second-order valence-electron chi connectivity index (χ2n) is 7.09. The molecule has 0 aliphatic carbocycles. The number of benzene rings is 1. The van der Waals surface area contributed by atoms with Crippen molar-refractivity contribution in [3.05, 3.63) is 35.9 Å². The van der Waals surface area contributed by atoms with Crippen molar-refractivity contribution in [1.82, 2.24) is 5.32 Å². The van der Waals surface area contributed by atoms with Crippen molar-refractivity contribution in [1.29, 1.82) is 0 Å². The van der Waals surface area contributed by atoms with E-state index in [1.807, 2.05) is 65.0 Å². The van der Waals surface area contributed by atoms with Gasteiger partial charge in [-0.15, -0.1) is 0 Å². The molecule has 0 aliphatic heterocycles. The van der Waals surface area contributed by atoms with Crippen molar-refractivity contribution >= 4 is 11.9 Å². The van der Waals surface area contributed by atoms with Crippen LogP contribution in [0, 0.1) is 5.92 Å². The van der Waals surface area contributed by atoms with Crippen molar-refractivity contribution < 1.29 is 14.3 Å². The van der Waals surface area contributed by atoms with Crippen LogP contribution >= 0.6 is 0 Å². The maximum atomic E-state index is 12.6. The monoisotopic (exact) mass is 319 g/mol. The molecule has 4 heteroatoms. The molecule has 1 amide bonds. The van der Waals surface area contributed by atoms with Crippen LogP contribution in [0.2, 0.25) is 0 Å². The molecule has 0 saturated heterocycles. The Hall–Kier alpha value is -1.84. The largest absolute Gasteiger partial charge is 0.452 e. The molecule has 1 N–H and O–H groups in total. The Kier molecular flexibility index (Phi) is 6.79. The summed E-state index contributed by atoms with van der Waals surface area (Å²) >= 11 is 0. The Labute approximate surface area is 139 Å². The van der Waals surface area contributed by atoms with Crippen LogP contribution in [-0.4, -0.2) is 23.5 Å². The molecule has 1 rings (SSSR count). The molecule has 1 aromatic rings. The SMILES string of the molecule is CCC(C)C(C(=O)OC(C)C(=O)NC(C)(C)C)c1ccccc1. The lowest BCUT2D eigenvalue weighted by Gasteiger charge is -2.26. The fraction of sp³-hybridized carbons (Fsp3) is 0.579. The highest BCUT2D eigenvalue weighted by molar-refractivity contribution is 5.86. The zero-order valence-corrected chi connectivity index (χ0v) is 15.1. The van der Waals surface area contributed by atoms with E-state index in [9.17, 15) is 9.59 Å². The summed E-state index contributed by atoms with van der Waals surface area (Å²) < 4.78 is 5.45. The summed E-state index contributed by atoms with van der Waals surface area (Å²) in [6.07, 6.45) is 0.0500. The molecule has 0 fully saturated rings. The summed E-state index contributed by atoms with van der Waals surface area (Å²) in [5.74, 6) is -0.835. The highest BCUT2D eigenvalue weighted by Crippen LogP contribution is 2.28. The van der Waals surface area contributed by atoms with Gasteiger partial charge in [0.15, 0.2) is 6.10 Å². The van der Waals surface area contributed by atoms with Gasteiger partial charge in [-0.2, -0.15) is 0 Å². The summed E-state index contributed by atoms with van der Waals surface area (Å²) in [4.78, 5) is 24.7. The van der Waals surface area contributed by atoms with Crippen LogP contribution in [0.5, 0.6) is 0 Å². The fourth-order valence-corrected chi connectivity index (χ4v) is 2.37. The number of amides is 1. The summed E-state index contributed by atoms with van der Waals surface area (Å²) in [5, 5.41) is 2.83. The van der Waals surface area contributed by atoms with Gasteiger partial charge < -0.3 is 10.1 Å². The average molecular weight is 319 g/mol. The first-order chi connectivity index (χ1) is 10.7. The van der Waals surface area contributed by atoms with Gasteiger partial charge in [0.05, 0.1) is 5.92 Å². The number of carbonyl (C=O) groups excluding carboxylic acids is 2. The average Bonchev–Trinajstić information content (AvgIpc) is 2.46. The Bertz CT molecular complexity index is 519. The van der Waals surface area contributed by atoms with Crippen LogP contribution in [0.3, 0.4) is 0 Å². The fourth-order valence-electron chi connectivity index (χ4n) is 2.37. The van der Waals surface area contributed by atoms with E-state index in [0.717, 1.165) is 12.0 Å². The molecule has 0 aromatic heterocycles. The highest BCUT2D eigenvalue weighted by atomic mass is 16.5. The Morgan fingerprint density at radius 1 is 1.13 bits per heavy atom. The molecular weight excluding hydrogens is 290 g/mol. The lowest BCUT2D eigenvalue weighted by atomic mass is 9.85. The van der Waals surface area contributed by atoms with Crippen LogP contribution < -0.4 is 5.32 Å². The minimum Gasteiger partial charge on any atom is -0.452 e. The topological polar surface area (TPSA) is 55.4 Å². The lowest BCUT2D eigenvalue weighted by molar-refractivity contribution is -0.157. The standard InChI is InChI=1S/C19H29NO3/c1-7-13(2)16(15-11-9-8-10-12-15)18(22)23-14(3)17(21)20-19(4,5)6/h8-14,16H,7H2,1-6H3,(H,20,21). The molecule has 4 nitrogen and oxygen atoms in total. The first-order valence-corrected chi connectivity index (χ1v) is 8.23. The lowest BCUT2D eigenvalue weighted by Crippen LogP contribution is -2.46. The normalized spacial score (nSPS) is 15.4. The Balaban J connectivity index is 2.84. The molecule has 128 valence electrons. The molecule has 0 radical (unpaired) electrons.